The highest BCUT2D eigenvalue weighted by Crippen LogP contribution is 2.26. The van der Waals surface area contributed by atoms with E-state index in [1.807, 2.05) is 42.2 Å². The Bertz CT molecular complexity index is 1130. The van der Waals surface area contributed by atoms with Crippen molar-refractivity contribution in [2.45, 2.75) is 38.1 Å². The number of carbonyl (C=O) groups excluding carboxylic acids is 1. The summed E-state index contributed by atoms with van der Waals surface area (Å²) in [6, 6.07) is 12.9. The molecule has 29 heavy (non-hydrogen) atoms. The number of hydrogen-bond donors (Lipinski definition) is 1. The predicted octanol–water partition coefficient (Wildman–Crippen LogP) is 2.44. The SMILES string of the molecule is CCC(C(=O)N1CCC(n2c(=O)[nH]c3ncccc3c2=O)CC1)c1ccccc1. The zero-order valence-electron chi connectivity index (χ0n) is 16.4. The van der Waals surface area contributed by atoms with E-state index >= 15 is 0 Å². The zero-order chi connectivity index (χ0) is 20.4. The van der Waals surface area contributed by atoms with E-state index in [1.165, 1.54) is 4.57 Å². The third-order valence-electron chi connectivity index (χ3n) is 5.75. The first-order valence-corrected chi connectivity index (χ1v) is 10.0. The molecule has 0 spiro atoms. The van der Waals surface area contributed by atoms with Gasteiger partial charge >= 0.3 is 5.69 Å². The molecule has 1 saturated heterocycles. The first kappa shape index (κ1) is 19.1. The molecule has 1 aliphatic rings. The normalized spacial score (nSPS) is 16.1. The minimum Gasteiger partial charge on any atom is -0.342 e. The summed E-state index contributed by atoms with van der Waals surface area (Å²) in [5, 5.41) is 0.403. The van der Waals surface area contributed by atoms with Crippen LogP contribution in [0.4, 0.5) is 0 Å². The van der Waals surface area contributed by atoms with E-state index in [9.17, 15) is 14.4 Å². The summed E-state index contributed by atoms with van der Waals surface area (Å²) in [7, 11) is 0. The lowest BCUT2D eigenvalue weighted by Gasteiger charge is -2.34. The van der Waals surface area contributed by atoms with Gasteiger partial charge in [0.1, 0.15) is 5.65 Å². The molecular formula is C22H24N4O3. The fourth-order valence-electron chi connectivity index (χ4n) is 4.20. The molecule has 1 atom stereocenters. The highest BCUT2D eigenvalue weighted by atomic mass is 16.2. The van der Waals surface area contributed by atoms with Crippen LogP contribution in [0.15, 0.2) is 58.3 Å². The average molecular weight is 392 g/mol. The number of nitrogens with zero attached hydrogens (tertiary/aromatic N) is 3. The second-order valence-electron chi connectivity index (χ2n) is 7.43. The van der Waals surface area contributed by atoms with Crippen LogP contribution in [0.2, 0.25) is 0 Å². The Labute approximate surface area is 168 Å². The molecule has 1 aromatic carbocycles. The zero-order valence-corrected chi connectivity index (χ0v) is 16.4. The number of piperidine rings is 1. The lowest BCUT2D eigenvalue weighted by molar-refractivity contribution is -0.134. The molecule has 3 aromatic rings. The summed E-state index contributed by atoms with van der Waals surface area (Å²) >= 11 is 0. The molecule has 1 aliphatic heterocycles. The smallest absolute Gasteiger partial charge is 0.330 e. The van der Waals surface area contributed by atoms with Crippen LogP contribution < -0.4 is 11.2 Å². The van der Waals surface area contributed by atoms with Crippen LogP contribution >= 0.6 is 0 Å². The molecule has 0 radical (unpaired) electrons. The highest BCUT2D eigenvalue weighted by Gasteiger charge is 2.30. The molecule has 3 heterocycles. The molecule has 7 nitrogen and oxygen atoms in total. The summed E-state index contributed by atoms with van der Waals surface area (Å²) in [4.78, 5) is 47.0. The number of H-pyrrole nitrogens is 1. The van der Waals surface area contributed by atoms with Crippen LogP contribution in [0, 0.1) is 0 Å². The molecule has 0 bridgehead atoms. The van der Waals surface area contributed by atoms with E-state index in [0.29, 0.717) is 37.0 Å². The Kier molecular flexibility index (Phi) is 5.29. The van der Waals surface area contributed by atoms with Crippen molar-refractivity contribution in [1.29, 1.82) is 0 Å². The summed E-state index contributed by atoms with van der Waals surface area (Å²) in [5.41, 5.74) is 0.566. The van der Waals surface area contributed by atoms with Gasteiger partial charge in [0.2, 0.25) is 5.91 Å². The number of hydrogen-bond acceptors (Lipinski definition) is 4. The number of pyridine rings is 1. The first-order chi connectivity index (χ1) is 14.1. The molecule has 150 valence electrons. The quantitative estimate of drug-likeness (QED) is 0.739. The first-order valence-electron chi connectivity index (χ1n) is 10.0. The number of nitrogens with one attached hydrogen (secondary N) is 1. The Morgan fingerprint density at radius 1 is 1.14 bits per heavy atom. The molecule has 1 unspecified atom stereocenters. The van der Waals surface area contributed by atoms with Crippen LogP contribution in [0.25, 0.3) is 11.0 Å². The maximum Gasteiger partial charge on any atom is 0.330 e. The third kappa shape index (κ3) is 3.60. The van der Waals surface area contributed by atoms with Crippen LogP contribution in [-0.4, -0.2) is 38.4 Å². The van der Waals surface area contributed by atoms with E-state index < -0.39 is 5.69 Å². The van der Waals surface area contributed by atoms with Crippen molar-refractivity contribution in [2.75, 3.05) is 13.1 Å². The van der Waals surface area contributed by atoms with E-state index in [-0.39, 0.29) is 23.4 Å². The van der Waals surface area contributed by atoms with Gasteiger partial charge < -0.3 is 4.90 Å². The van der Waals surface area contributed by atoms with Crippen LogP contribution in [-0.2, 0) is 4.79 Å². The molecular weight excluding hydrogens is 368 g/mol. The van der Waals surface area contributed by atoms with E-state index in [2.05, 4.69) is 9.97 Å². The summed E-state index contributed by atoms with van der Waals surface area (Å²) in [6.45, 7) is 3.08. The van der Waals surface area contributed by atoms with Gasteiger partial charge in [-0.25, -0.2) is 9.78 Å². The van der Waals surface area contributed by atoms with Crippen molar-refractivity contribution in [1.82, 2.24) is 19.4 Å². The Hall–Kier alpha value is -3.22. The lowest BCUT2D eigenvalue weighted by atomic mass is 9.93. The van der Waals surface area contributed by atoms with Gasteiger partial charge in [-0.05, 0) is 37.0 Å². The minimum absolute atomic E-state index is 0.112. The summed E-state index contributed by atoms with van der Waals surface area (Å²) < 4.78 is 1.29. The van der Waals surface area contributed by atoms with Crippen LogP contribution in [0.1, 0.15) is 43.7 Å². The fourth-order valence-corrected chi connectivity index (χ4v) is 4.20. The average Bonchev–Trinajstić information content (AvgIpc) is 2.75. The maximum absolute atomic E-state index is 13.1. The second-order valence-corrected chi connectivity index (χ2v) is 7.43. The largest absolute Gasteiger partial charge is 0.342 e. The molecule has 0 saturated carbocycles. The summed E-state index contributed by atoms with van der Waals surface area (Å²) in [6.07, 6.45) is 3.43. The topological polar surface area (TPSA) is 88.1 Å². The molecule has 0 aliphatic carbocycles. The standard InChI is InChI=1S/C22H24N4O3/c1-2-17(15-7-4-3-5-8-15)20(27)25-13-10-16(11-14-25)26-21(28)18-9-6-12-23-19(18)24-22(26)29/h3-9,12,16-17H,2,10-11,13-14H2,1H3,(H,23,24,29). The van der Waals surface area contributed by atoms with Gasteiger partial charge in [-0.2, -0.15) is 0 Å². The van der Waals surface area contributed by atoms with Crippen molar-refractivity contribution in [3.63, 3.8) is 0 Å². The van der Waals surface area contributed by atoms with Gasteiger partial charge in [0.25, 0.3) is 5.56 Å². The van der Waals surface area contributed by atoms with E-state index in [1.54, 1.807) is 18.3 Å². The lowest BCUT2D eigenvalue weighted by Crippen LogP contribution is -2.46. The molecule has 1 amide bonds. The van der Waals surface area contributed by atoms with Gasteiger partial charge in [0, 0.05) is 25.3 Å². The molecule has 7 heteroatoms. The Morgan fingerprint density at radius 3 is 2.55 bits per heavy atom. The third-order valence-corrected chi connectivity index (χ3v) is 5.75. The molecule has 4 rings (SSSR count). The highest BCUT2D eigenvalue weighted by molar-refractivity contribution is 5.83. The van der Waals surface area contributed by atoms with Gasteiger partial charge in [0.05, 0.1) is 11.3 Å². The monoisotopic (exact) mass is 392 g/mol. The van der Waals surface area contributed by atoms with Gasteiger partial charge in [0.15, 0.2) is 0 Å². The number of rotatable bonds is 4. The minimum atomic E-state index is -0.443. The van der Waals surface area contributed by atoms with Crippen LogP contribution in [0.5, 0.6) is 0 Å². The van der Waals surface area contributed by atoms with Crippen LogP contribution in [0.3, 0.4) is 0 Å². The van der Waals surface area contributed by atoms with Crippen molar-refractivity contribution < 1.29 is 4.79 Å². The number of benzene rings is 1. The van der Waals surface area contributed by atoms with Gasteiger partial charge in [-0.15, -0.1) is 0 Å². The van der Waals surface area contributed by atoms with Crippen molar-refractivity contribution in [3.8, 4) is 0 Å². The van der Waals surface area contributed by atoms with Crippen molar-refractivity contribution >= 4 is 16.9 Å². The molecule has 1 fully saturated rings. The predicted molar refractivity (Wildman–Crippen MR) is 111 cm³/mol. The number of amides is 1. The van der Waals surface area contributed by atoms with E-state index in [4.69, 9.17) is 0 Å². The fraction of sp³-hybridized carbons (Fsp3) is 0.364. The Balaban J connectivity index is 1.53. The maximum atomic E-state index is 13.1. The van der Waals surface area contributed by atoms with Crippen molar-refractivity contribution in [2.24, 2.45) is 0 Å². The van der Waals surface area contributed by atoms with Gasteiger partial charge in [-0.1, -0.05) is 37.3 Å². The number of aromatic amines is 1. The Morgan fingerprint density at radius 2 is 1.86 bits per heavy atom. The summed E-state index contributed by atoms with van der Waals surface area (Å²) in [5.74, 6) is -0.0493. The molecule has 2 aromatic heterocycles. The van der Waals surface area contributed by atoms with Gasteiger partial charge in [-0.3, -0.25) is 19.1 Å². The number of aromatic nitrogens is 3. The molecule has 1 N–H and O–H groups in total. The van der Waals surface area contributed by atoms with Crippen molar-refractivity contribution in [3.05, 3.63) is 75.1 Å². The van der Waals surface area contributed by atoms with E-state index in [0.717, 1.165) is 12.0 Å². The second kappa shape index (κ2) is 8.03. The number of likely N-dealkylation sites (tertiary alicyclic amines) is 1. The number of carbonyl (C=O) groups is 1. The number of fused-ring (bicyclic) bond motifs is 1.